The third-order valence-corrected chi connectivity index (χ3v) is 3.40. The molecule has 2 fully saturated rings. The Morgan fingerprint density at radius 1 is 1.54 bits per heavy atom. The molecule has 0 amide bonds. The summed E-state index contributed by atoms with van der Waals surface area (Å²) in [5.41, 5.74) is 0.0428. The Bertz CT molecular complexity index is 180. The normalized spacial score (nSPS) is 32.3. The van der Waals surface area contributed by atoms with E-state index in [-0.39, 0.29) is 12.1 Å². The molecule has 1 atom stereocenters. The maximum Gasteiger partial charge on any atom is 0.0962 e. The van der Waals surface area contributed by atoms with Gasteiger partial charge in [0.2, 0.25) is 0 Å². The van der Waals surface area contributed by atoms with Crippen LogP contribution in [0.4, 0.5) is 4.39 Å². The molecule has 1 N–H and O–H groups in total. The van der Waals surface area contributed by atoms with Gasteiger partial charge in [0.15, 0.2) is 0 Å². The van der Waals surface area contributed by atoms with E-state index in [1.165, 1.54) is 13.0 Å². The molecule has 2 aliphatic rings. The maximum atomic E-state index is 12.5. The SMILES string of the molecule is CN1CC[C@H](NCC2(CF)CC2)C1. The van der Waals surface area contributed by atoms with Gasteiger partial charge in [-0.05, 0) is 32.9 Å². The van der Waals surface area contributed by atoms with Gasteiger partial charge in [-0.15, -0.1) is 0 Å². The van der Waals surface area contributed by atoms with Crippen molar-refractivity contribution in [2.24, 2.45) is 5.41 Å². The molecule has 2 rings (SSSR count). The second kappa shape index (κ2) is 3.54. The minimum atomic E-state index is -0.136. The van der Waals surface area contributed by atoms with Crippen LogP contribution >= 0.6 is 0 Å². The van der Waals surface area contributed by atoms with Crippen LogP contribution in [-0.4, -0.2) is 44.3 Å². The van der Waals surface area contributed by atoms with Crippen molar-refractivity contribution in [1.82, 2.24) is 10.2 Å². The van der Waals surface area contributed by atoms with E-state index < -0.39 is 0 Å². The lowest BCUT2D eigenvalue weighted by molar-refractivity contribution is 0.311. The molecule has 0 radical (unpaired) electrons. The zero-order chi connectivity index (χ0) is 9.31. The molecule has 0 spiro atoms. The molecule has 0 unspecified atom stereocenters. The molecule has 0 bridgehead atoms. The summed E-state index contributed by atoms with van der Waals surface area (Å²) in [6.07, 6.45) is 3.39. The highest BCUT2D eigenvalue weighted by Gasteiger charge is 2.42. The van der Waals surface area contributed by atoms with Crippen molar-refractivity contribution in [3.05, 3.63) is 0 Å². The number of nitrogens with one attached hydrogen (secondary N) is 1. The molecule has 1 saturated heterocycles. The highest BCUT2D eigenvalue weighted by atomic mass is 19.1. The first-order valence-corrected chi connectivity index (χ1v) is 5.22. The lowest BCUT2D eigenvalue weighted by Gasteiger charge is -2.16. The van der Waals surface area contributed by atoms with E-state index >= 15 is 0 Å². The molecule has 0 aromatic carbocycles. The van der Waals surface area contributed by atoms with Crippen LogP contribution in [0.25, 0.3) is 0 Å². The number of likely N-dealkylation sites (tertiary alicyclic amines) is 1. The molecule has 1 heterocycles. The van der Waals surface area contributed by atoms with E-state index in [9.17, 15) is 4.39 Å². The molecular weight excluding hydrogens is 167 g/mol. The Kier molecular flexibility index (Phi) is 2.56. The number of hydrogen-bond acceptors (Lipinski definition) is 2. The molecule has 76 valence electrons. The van der Waals surface area contributed by atoms with Crippen molar-refractivity contribution >= 4 is 0 Å². The van der Waals surface area contributed by atoms with Gasteiger partial charge in [0, 0.05) is 24.5 Å². The smallest absolute Gasteiger partial charge is 0.0962 e. The van der Waals surface area contributed by atoms with Crippen LogP contribution in [-0.2, 0) is 0 Å². The van der Waals surface area contributed by atoms with Crippen molar-refractivity contribution < 1.29 is 4.39 Å². The number of rotatable bonds is 4. The zero-order valence-corrected chi connectivity index (χ0v) is 8.35. The predicted molar refractivity (Wildman–Crippen MR) is 51.5 cm³/mol. The third kappa shape index (κ3) is 2.20. The van der Waals surface area contributed by atoms with Gasteiger partial charge in [0.25, 0.3) is 0 Å². The third-order valence-electron chi connectivity index (χ3n) is 3.40. The lowest BCUT2D eigenvalue weighted by atomic mass is 10.1. The van der Waals surface area contributed by atoms with E-state index in [1.54, 1.807) is 0 Å². The molecule has 1 aliphatic carbocycles. The Morgan fingerprint density at radius 3 is 2.77 bits per heavy atom. The minimum absolute atomic E-state index is 0.0428. The Labute approximate surface area is 79.5 Å². The highest BCUT2D eigenvalue weighted by molar-refractivity contribution is 4.95. The van der Waals surface area contributed by atoms with Crippen molar-refractivity contribution in [3.63, 3.8) is 0 Å². The Morgan fingerprint density at radius 2 is 2.31 bits per heavy atom. The zero-order valence-electron chi connectivity index (χ0n) is 8.35. The van der Waals surface area contributed by atoms with E-state index in [0.29, 0.717) is 6.04 Å². The van der Waals surface area contributed by atoms with Gasteiger partial charge in [-0.3, -0.25) is 4.39 Å². The molecular formula is C10H19FN2. The summed E-state index contributed by atoms with van der Waals surface area (Å²) in [5.74, 6) is 0. The average molecular weight is 186 g/mol. The molecule has 1 saturated carbocycles. The molecule has 13 heavy (non-hydrogen) atoms. The van der Waals surface area contributed by atoms with Crippen molar-refractivity contribution in [2.45, 2.75) is 25.3 Å². The van der Waals surface area contributed by atoms with Gasteiger partial charge >= 0.3 is 0 Å². The van der Waals surface area contributed by atoms with Gasteiger partial charge in [-0.1, -0.05) is 0 Å². The van der Waals surface area contributed by atoms with Crippen LogP contribution in [0.15, 0.2) is 0 Å². The van der Waals surface area contributed by atoms with Crippen LogP contribution in [0.2, 0.25) is 0 Å². The maximum absolute atomic E-state index is 12.5. The van der Waals surface area contributed by atoms with E-state index in [0.717, 1.165) is 25.9 Å². The molecule has 3 heteroatoms. The standard InChI is InChI=1S/C10H19FN2/c1-13-5-2-9(6-13)12-8-10(7-11)3-4-10/h9,12H,2-8H2,1H3/t9-/m0/s1. The summed E-state index contributed by atoms with van der Waals surface area (Å²) in [6, 6.07) is 0.606. The molecule has 0 aromatic rings. The number of halogens is 1. The first kappa shape index (κ1) is 9.41. The fraction of sp³-hybridized carbons (Fsp3) is 1.00. The van der Waals surface area contributed by atoms with Crippen LogP contribution in [0, 0.1) is 5.41 Å². The van der Waals surface area contributed by atoms with E-state index in [1.807, 2.05) is 0 Å². The fourth-order valence-electron chi connectivity index (χ4n) is 2.00. The monoisotopic (exact) mass is 186 g/mol. The summed E-state index contributed by atoms with van der Waals surface area (Å²) in [6.45, 7) is 3.06. The van der Waals surface area contributed by atoms with Crippen molar-refractivity contribution in [1.29, 1.82) is 0 Å². The molecule has 2 nitrogen and oxygen atoms in total. The summed E-state index contributed by atoms with van der Waals surface area (Å²) in [5, 5.41) is 3.48. The van der Waals surface area contributed by atoms with Gasteiger partial charge in [0.05, 0.1) is 6.67 Å². The average Bonchev–Trinajstić information content (AvgIpc) is 2.81. The summed E-state index contributed by atoms with van der Waals surface area (Å²) in [7, 11) is 2.14. The van der Waals surface area contributed by atoms with Gasteiger partial charge < -0.3 is 10.2 Å². The van der Waals surface area contributed by atoms with Crippen LogP contribution < -0.4 is 5.32 Å². The van der Waals surface area contributed by atoms with Crippen LogP contribution in [0.1, 0.15) is 19.3 Å². The molecule has 0 aromatic heterocycles. The summed E-state index contributed by atoms with van der Waals surface area (Å²) in [4.78, 5) is 2.33. The first-order valence-electron chi connectivity index (χ1n) is 5.22. The van der Waals surface area contributed by atoms with Crippen LogP contribution in [0.5, 0.6) is 0 Å². The van der Waals surface area contributed by atoms with Crippen LogP contribution in [0.3, 0.4) is 0 Å². The lowest BCUT2D eigenvalue weighted by Crippen LogP contribution is -2.36. The number of nitrogens with zero attached hydrogens (tertiary/aromatic N) is 1. The summed E-state index contributed by atoms with van der Waals surface area (Å²) >= 11 is 0. The minimum Gasteiger partial charge on any atom is -0.312 e. The quantitative estimate of drug-likeness (QED) is 0.705. The predicted octanol–water partition coefficient (Wildman–Crippen LogP) is 1.03. The summed E-state index contributed by atoms with van der Waals surface area (Å²) < 4.78 is 12.5. The number of hydrogen-bond donors (Lipinski definition) is 1. The molecule has 1 aliphatic heterocycles. The largest absolute Gasteiger partial charge is 0.312 e. The highest BCUT2D eigenvalue weighted by Crippen LogP contribution is 2.45. The topological polar surface area (TPSA) is 15.3 Å². The van der Waals surface area contributed by atoms with E-state index in [2.05, 4.69) is 17.3 Å². The first-order chi connectivity index (χ1) is 6.24. The van der Waals surface area contributed by atoms with Gasteiger partial charge in [-0.2, -0.15) is 0 Å². The van der Waals surface area contributed by atoms with Crippen molar-refractivity contribution in [2.75, 3.05) is 33.4 Å². The van der Waals surface area contributed by atoms with Gasteiger partial charge in [0.1, 0.15) is 0 Å². The van der Waals surface area contributed by atoms with Crippen molar-refractivity contribution in [3.8, 4) is 0 Å². The fourth-order valence-corrected chi connectivity index (χ4v) is 2.00. The number of likely N-dealkylation sites (N-methyl/N-ethyl adjacent to an activating group) is 1. The van der Waals surface area contributed by atoms with Gasteiger partial charge in [-0.25, -0.2) is 0 Å². The Hall–Kier alpha value is -0.150. The Balaban J connectivity index is 1.68. The van der Waals surface area contributed by atoms with E-state index in [4.69, 9.17) is 0 Å². The second-order valence-electron chi connectivity index (χ2n) is 4.76. The number of alkyl halides is 1. The second-order valence-corrected chi connectivity index (χ2v) is 4.76.